The van der Waals surface area contributed by atoms with Crippen LogP contribution in [0.15, 0.2) is 41.4 Å². The number of aromatic nitrogens is 1. The SMILES string of the molecule is CCOc1ncccc1CNC(=O)N[C@@H]1CCSc2ccc(F)cc21. The first-order valence-electron chi connectivity index (χ1n) is 8.20. The molecule has 1 aromatic heterocycles. The van der Waals surface area contributed by atoms with Gasteiger partial charge in [0, 0.05) is 29.0 Å². The number of benzene rings is 1. The Hall–Kier alpha value is -2.28. The van der Waals surface area contributed by atoms with Gasteiger partial charge in [-0.05, 0) is 43.2 Å². The highest BCUT2D eigenvalue weighted by molar-refractivity contribution is 7.99. The van der Waals surface area contributed by atoms with E-state index in [-0.39, 0.29) is 17.9 Å². The zero-order valence-corrected chi connectivity index (χ0v) is 14.7. The van der Waals surface area contributed by atoms with Crippen molar-refractivity contribution in [2.45, 2.75) is 30.8 Å². The minimum absolute atomic E-state index is 0.188. The van der Waals surface area contributed by atoms with Crippen molar-refractivity contribution in [2.75, 3.05) is 12.4 Å². The van der Waals surface area contributed by atoms with E-state index < -0.39 is 0 Å². The van der Waals surface area contributed by atoms with Crippen molar-refractivity contribution in [3.63, 3.8) is 0 Å². The summed E-state index contributed by atoms with van der Waals surface area (Å²) in [7, 11) is 0. The average Bonchev–Trinajstić information content (AvgIpc) is 2.62. The van der Waals surface area contributed by atoms with E-state index in [0.29, 0.717) is 19.0 Å². The van der Waals surface area contributed by atoms with Crippen LogP contribution in [0.1, 0.15) is 30.5 Å². The molecule has 5 nitrogen and oxygen atoms in total. The topological polar surface area (TPSA) is 63.2 Å². The Labute approximate surface area is 150 Å². The molecule has 7 heteroatoms. The summed E-state index contributed by atoms with van der Waals surface area (Å²) in [5.74, 6) is 1.12. The Kier molecular flexibility index (Phi) is 5.75. The fourth-order valence-electron chi connectivity index (χ4n) is 2.73. The van der Waals surface area contributed by atoms with E-state index >= 15 is 0 Å². The molecule has 0 fully saturated rings. The summed E-state index contributed by atoms with van der Waals surface area (Å²) < 4.78 is 19.0. The normalized spacial score (nSPS) is 16.0. The van der Waals surface area contributed by atoms with E-state index in [1.165, 1.54) is 12.1 Å². The number of nitrogens with one attached hydrogen (secondary N) is 2. The van der Waals surface area contributed by atoms with Gasteiger partial charge in [-0.25, -0.2) is 14.2 Å². The number of nitrogens with zero attached hydrogens (tertiary/aromatic N) is 1. The number of halogens is 1. The molecule has 0 saturated carbocycles. The molecular formula is C18H20FN3O2S. The first-order valence-corrected chi connectivity index (χ1v) is 9.19. The second-order valence-corrected chi connectivity index (χ2v) is 6.74. The van der Waals surface area contributed by atoms with E-state index in [2.05, 4.69) is 15.6 Å². The summed E-state index contributed by atoms with van der Waals surface area (Å²) in [4.78, 5) is 17.4. The highest BCUT2D eigenvalue weighted by atomic mass is 32.2. The average molecular weight is 361 g/mol. The predicted molar refractivity (Wildman–Crippen MR) is 95.3 cm³/mol. The van der Waals surface area contributed by atoms with Gasteiger partial charge in [0.05, 0.1) is 12.6 Å². The molecule has 0 aliphatic carbocycles. The Bertz CT molecular complexity index is 757. The number of pyridine rings is 1. The van der Waals surface area contributed by atoms with Gasteiger partial charge >= 0.3 is 6.03 Å². The first kappa shape index (κ1) is 17.5. The minimum Gasteiger partial charge on any atom is -0.478 e. The molecule has 2 aromatic rings. The van der Waals surface area contributed by atoms with E-state index in [1.807, 2.05) is 13.0 Å². The van der Waals surface area contributed by atoms with Crippen LogP contribution < -0.4 is 15.4 Å². The Morgan fingerprint density at radius 2 is 2.32 bits per heavy atom. The number of carbonyl (C=O) groups excluding carboxylic acids is 1. The number of thioether (sulfide) groups is 1. The highest BCUT2D eigenvalue weighted by Crippen LogP contribution is 2.36. The summed E-state index contributed by atoms with van der Waals surface area (Å²) >= 11 is 1.68. The van der Waals surface area contributed by atoms with Gasteiger partial charge in [-0.15, -0.1) is 11.8 Å². The van der Waals surface area contributed by atoms with E-state index in [0.717, 1.165) is 28.2 Å². The summed E-state index contributed by atoms with van der Waals surface area (Å²) in [6.07, 6.45) is 2.42. The molecular weight excluding hydrogens is 341 g/mol. The van der Waals surface area contributed by atoms with Gasteiger partial charge in [0.15, 0.2) is 0 Å². The zero-order valence-electron chi connectivity index (χ0n) is 13.9. The van der Waals surface area contributed by atoms with Gasteiger partial charge in [-0.3, -0.25) is 0 Å². The number of urea groups is 1. The molecule has 1 aliphatic heterocycles. The largest absolute Gasteiger partial charge is 0.478 e. The number of carbonyl (C=O) groups is 1. The number of hydrogen-bond acceptors (Lipinski definition) is 4. The van der Waals surface area contributed by atoms with Crippen LogP contribution in [-0.2, 0) is 6.54 Å². The van der Waals surface area contributed by atoms with Crippen LogP contribution in [0.4, 0.5) is 9.18 Å². The molecule has 0 bridgehead atoms. The van der Waals surface area contributed by atoms with Crippen molar-refractivity contribution in [2.24, 2.45) is 0 Å². The Morgan fingerprint density at radius 3 is 3.16 bits per heavy atom. The smallest absolute Gasteiger partial charge is 0.315 e. The van der Waals surface area contributed by atoms with Crippen molar-refractivity contribution in [1.29, 1.82) is 0 Å². The predicted octanol–water partition coefficient (Wildman–Crippen LogP) is 3.66. The molecule has 2 N–H and O–H groups in total. The lowest BCUT2D eigenvalue weighted by Crippen LogP contribution is -2.38. The molecule has 132 valence electrons. The molecule has 1 atom stereocenters. The van der Waals surface area contributed by atoms with E-state index in [1.54, 1.807) is 30.1 Å². The summed E-state index contributed by atoms with van der Waals surface area (Å²) in [6, 6.07) is 7.90. The second-order valence-electron chi connectivity index (χ2n) is 5.60. The fourth-order valence-corrected chi connectivity index (χ4v) is 3.83. The molecule has 0 spiro atoms. The van der Waals surface area contributed by atoms with Crippen molar-refractivity contribution in [3.05, 3.63) is 53.5 Å². The number of fused-ring (bicyclic) bond motifs is 1. The maximum absolute atomic E-state index is 13.5. The van der Waals surface area contributed by atoms with Gasteiger partial charge in [-0.2, -0.15) is 0 Å². The monoisotopic (exact) mass is 361 g/mol. The summed E-state index contributed by atoms with van der Waals surface area (Å²) in [5.41, 5.74) is 1.65. The molecule has 3 rings (SSSR count). The third kappa shape index (κ3) is 4.42. The second kappa shape index (κ2) is 8.20. The molecule has 0 unspecified atom stereocenters. The van der Waals surface area contributed by atoms with Crippen molar-refractivity contribution >= 4 is 17.8 Å². The van der Waals surface area contributed by atoms with Gasteiger partial charge in [-0.1, -0.05) is 6.07 Å². The number of hydrogen-bond donors (Lipinski definition) is 2. The van der Waals surface area contributed by atoms with Crippen molar-refractivity contribution < 1.29 is 13.9 Å². The third-order valence-electron chi connectivity index (χ3n) is 3.89. The summed E-state index contributed by atoms with van der Waals surface area (Å²) in [6.45, 7) is 2.71. The molecule has 1 aromatic carbocycles. The van der Waals surface area contributed by atoms with Crippen LogP contribution in [0.5, 0.6) is 5.88 Å². The lowest BCUT2D eigenvalue weighted by molar-refractivity contribution is 0.235. The number of amides is 2. The molecule has 0 radical (unpaired) electrons. The van der Waals surface area contributed by atoms with Gasteiger partial charge in [0.2, 0.25) is 5.88 Å². The summed E-state index contributed by atoms with van der Waals surface area (Å²) in [5, 5.41) is 5.75. The maximum Gasteiger partial charge on any atom is 0.315 e. The van der Waals surface area contributed by atoms with E-state index in [4.69, 9.17) is 4.74 Å². The Balaban J connectivity index is 1.62. The van der Waals surface area contributed by atoms with Crippen molar-refractivity contribution in [3.8, 4) is 5.88 Å². The standard InChI is InChI=1S/C18H20FN3O2S/c1-2-24-17-12(4-3-8-20-17)11-21-18(23)22-15-7-9-25-16-6-5-13(19)10-14(15)16/h3-6,8,10,15H,2,7,9,11H2,1H3,(H2,21,22,23)/t15-/m1/s1. The van der Waals surface area contributed by atoms with Crippen LogP contribution in [-0.4, -0.2) is 23.4 Å². The number of ether oxygens (including phenoxy) is 1. The van der Waals surface area contributed by atoms with Crippen LogP contribution in [0.2, 0.25) is 0 Å². The molecule has 25 heavy (non-hydrogen) atoms. The highest BCUT2D eigenvalue weighted by Gasteiger charge is 2.23. The lowest BCUT2D eigenvalue weighted by Gasteiger charge is -2.26. The van der Waals surface area contributed by atoms with Gasteiger partial charge in [0.25, 0.3) is 0 Å². The van der Waals surface area contributed by atoms with Crippen LogP contribution in [0.3, 0.4) is 0 Å². The lowest BCUT2D eigenvalue weighted by atomic mass is 10.0. The van der Waals surface area contributed by atoms with E-state index in [9.17, 15) is 9.18 Å². The maximum atomic E-state index is 13.5. The van der Waals surface area contributed by atoms with Crippen molar-refractivity contribution in [1.82, 2.24) is 15.6 Å². The van der Waals surface area contributed by atoms with Gasteiger partial charge < -0.3 is 15.4 Å². The first-order chi connectivity index (χ1) is 12.2. The van der Waals surface area contributed by atoms with Crippen LogP contribution in [0, 0.1) is 5.82 Å². The van der Waals surface area contributed by atoms with Crippen LogP contribution >= 0.6 is 11.8 Å². The number of rotatable bonds is 5. The zero-order chi connectivity index (χ0) is 17.6. The fraction of sp³-hybridized carbons (Fsp3) is 0.333. The van der Waals surface area contributed by atoms with Gasteiger partial charge in [0.1, 0.15) is 5.82 Å². The van der Waals surface area contributed by atoms with Crippen LogP contribution in [0.25, 0.3) is 0 Å². The molecule has 1 aliphatic rings. The Morgan fingerprint density at radius 1 is 1.44 bits per heavy atom. The molecule has 2 amide bonds. The third-order valence-corrected chi connectivity index (χ3v) is 5.01. The minimum atomic E-state index is -0.293. The molecule has 0 saturated heterocycles. The molecule has 2 heterocycles. The quantitative estimate of drug-likeness (QED) is 0.853.